The van der Waals surface area contributed by atoms with Gasteiger partial charge in [0, 0.05) is 36.2 Å². The highest BCUT2D eigenvalue weighted by Crippen LogP contribution is 2.22. The van der Waals surface area contributed by atoms with Gasteiger partial charge < -0.3 is 10.7 Å². The summed E-state index contributed by atoms with van der Waals surface area (Å²) in [5.41, 5.74) is 8.77. The molecule has 3 heteroatoms. The molecular formula is C15H21N3. The van der Waals surface area contributed by atoms with Crippen molar-refractivity contribution in [1.29, 1.82) is 0 Å². The molecule has 1 aliphatic heterocycles. The van der Waals surface area contributed by atoms with E-state index in [1.54, 1.807) is 0 Å². The van der Waals surface area contributed by atoms with E-state index in [0.29, 0.717) is 12.0 Å². The fourth-order valence-electron chi connectivity index (χ4n) is 2.82. The van der Waals surface area contributed by atoms with Crippen LogP contribution in [0, 0.1) is 5.92 Å². The first-order valence-electron chi connectivity index (χ1n) is 6.77. The van der Waals surface area contributed by atoms with Crippen molar-refractivity contribution >= 4 is 10.9 Å². The van der Waals surface area contributed by atoms with Gasteiger partial charge in [0.2, 0.25) is 0 Å². The summed E-state index contributed by atoms with van der Waals surface area (Å²) in [6.45, 7) is 5.44. The zero-order valence-corrected chi connectivity index (χ0v) is 10.9. The number of hydrogen-bond acceptors (Lipinski definition) is 2. The maximum absolute atomic E-state index is 6.16. The Morgan fingerprint density at radius 1 is 1.39 bits per heavy atom. The third-order valence-corrected chi connectivity index (χ3v) is 4.17. The van der Waals surface area contributed by atoms with Gasteiger partial charge in [0.25, 0.3) is 0 Å². The molecule has 0 amide bonds. The average molecular weight is 243 g/mol. The summed E-state index contributed by atoms with van der Waals surface area (Å²) in [5.74, 6) is 0.657. The Bertz CT molecular complexity index is 531. The highest BCUT2D eigenvalue weighted by atomic mass is 15.1. The van der Waals surface area contributed by atoms with Gasteiger partial charge in [-0.05, 0) is 30.5 Å². The zero-order chi connectivity index (χ0) is 12.5. The first kappa shape index (κ1) is 11.8. The largest absolute Gasteiger partial charge is 0.361 e. The summed E-state index contributed by atoms with van der Waals surface area (Å²) >= 11 is 0. The summed E-state index contributed by atoms with van der Waals surface area (Å²) in [4.78, 5) is 5.81. The van der Waals surface area contributed by atoms with E-state index < -0.39 is 0 Å². The van der Waals surface area contributed by atoms with Crippen LogP contribution in [0.4, 0.5) is 0 Å². The highest BCUT2D eigenvalue weighted by Gasteiger charge is 2.23. The lowest BCUT2D eigenvalue weighted by Crippen LogP contribution is -2.47. The molecule has 3 rings (SSSR count). The minimum atomic E-state index is 0.323. The molecular weight excluding hydrogens is 222 g/mol. The van der Waals surface area contributed by atoms with E-state index in [1.165, 1.54) is 22.9 Å². The number of rotatable bonds is 2. The molecule has 0 radical (unpaired) electrons. The molecule has 1 aromatic carbocycles. The minimum Gasteiger partial charge on any atom is -0.361 e. The summed E-state index contributed by atoms with van der Waals surface area (Å²) in [6, 6.07) is 8.81. The summed E-state index contributed by atoms with van der Waals surface area (Å²) in [6.07, 6.45) is 3.34. The van der Waals surface area contributed by atoms with E-state index in [1.807, 2.05) is 0 Å². The van der Waals surface area contributed by atoms with Crippen molar-refractivity contribution in [3.05, 3.63) is 36.0 Å². The van der Waals surface area contributed by atoms with E-state index in [0.717, 1.165) is 19.6 Å². The van der Waals surface area contributed by atoms with Crippen LogP contribution in [-0.4, -0.2) is 29.0 Å². The lowest BCUT2D eigenvalue weighted by molar-refractivity contribution is 0.162. The van der Waals surface area contributed by atoms with Crippen LogP contribution in [0.25, 0.3) is 10.9 Å². The Balaban J connectivity index is 1.76. The molecule has 18 heavy (non-hydrogen) atoms. The molecule has 1 fully saturated rings. The van der Waals surface area contributed by atoms with Gasteiger partial charge in [-0.3, -0.25) is 4.90 Å². The molecule has 1 aliphatic rings. The molecule has 2 atom stereocenters. The van der Waals surface area contributed by atoms with Gasteiger partial charge in [-0.25, -0.2) is 0 Å². The lowest BCUT2D eigenvalue weighted by atomic mass is 9.94. The van der Waals surface area contributed by atoms with Crippen molar-refractivity contribution in [2.24, 2.45) is 11.7 Å². The molecule has 3 nitrogen and oxygen atoms in total. The number of para-hydroxylation sites is 1. The first-order valence-corrected chi connectivity index (χ1v) is 6.77. The minimum absolute atomic E-state index is 0.323. The molecule has 0 saturated carbocycles. The molecule has 1 saturated heterocycles. The monoisotopic (exact) mass is 243 g/mol. The second-order valence-corrected chi connectivity index (χ2v) is 5.52. The second-order valence-electron chi connectivity index (χ2n) is 5.52. The number of aromatic amines is 1. The highest BCUT2D eigenvalue weighted by molar-refractivity contribution is 5.82. The number of benzene rings is 1. The van der Waals surface area contributed by atoms with Crippen LogP contribution in [0.15, 0.2) is 30.5 Å². The predicted molar refractivity (Wildman–Crippen MR) is 75.3 cm³/mol. The molecule has 0 aliphatic carbocycles. The quantitative estimate of drug-likeness (QED) is 0.850. The van der Waals surface area contributed by atoms with Crippen LogP contribution in [0.2, 0.25) is 0 Å². The molecule has 1 aromatic heterocycles. The van der Waals surface area contributed by atoms with E-state index >= 15 is 0 Å². The Kier molecular flexibility index (Phi) is 3.10. The smallest absolute Gasteiger partial charge is 0.0457 e. The standard InChI is InChI=1S/C15H21N3/c1-11-6-7-18(10-14(11)16)9-12-8-17-15-5-3-2-4-13(12)15/h2-5,8,11,14,17H,6-7,9-10,16H2,1H3. The van der Waals surface area contributed by atoms with Crippen LogP contribution in [0.3, 0.4) is 0 Å². The van der Waals surface area contributed by atoms with Crippen LogP contribution in [0.1, 0.15) is 18.9 Å². The molecule has 3 N–H and O–H groups in total. The van der Waals surface area contributed by atoms with Gasteiger partial charge in [0.1, 0.15) is 0 Å². The van der Waals surface area contributed by atoms with Crippen LogP contribution < -0.4 is 5.73 Å². The van der Waals surface area contributed by atoms with E-state index in [2.05, 4.69) is 47.3 Å². The van der Waals surface area contributed by atoms with Crippen LogP contribution in [0.5, 0.6) is 0 Å². The number of aromatic nitrogens is 1. The van der Waals surface area contributed by atoms with Crippen LogP contribution in [-0.2, 0) is 6.54 Å². The Morgan fingerprint density at radius 3 is 3.06 bits per heavy atom. The molecule has 2 heterocycles. The van der Waals surface area contributed by atoms with Gasteiger partial charge in [-0.1, -0.05) is 25.1 Å². The molecule has 0 bridgehead atoms. The van der Waals surface area contributed by atoms with Crippen LogP contribution >= 0.6 is 0 Å². The normalized spacial score (nSPS) is 25.7. The maximum atomic E-state index is 6.16. The van der Waals surface area contributed by atoms with E-state index in [-0.39, 0.29) is 0 Å². The molecule has 96 valence electrons. The van der Waals surface area contributed by atoms with E-state index in [9.17, 15) is 0 Å². The van der Waals surface area contributed by atoms with Crippen molar-refractivity contribution in [3.63, 3.8) is 0 Å². The van der Waals surface area contributed by atoms with E-state index in [4.69, 9.17) is 5.73 Å². The number of likely N-dealkylation sites (tertiary alicyclic amines) is 1. The number of fused-ring (bicyclic) bond motifs is 1. The predicted octanol–water partition coefficient (Wildman–Crippen LogP) is 2.34. The molecule has 0 spiro atoms. The van der Waals surface area contributed by atoms with Gasteiger partial charge in [-0.15, -0.1) is 0 Å². The lowest BCUT2D eigenvalue weighted by Gasteiger charge is -2.34. The number of piperidine rings is 1. The van der Waals surface area contributed by atoms with Crippen molar-refractivity contribution in [2.45, 2.75) is 25.9 Å². The van der Waals surface area contributed by atoms with Gasteiger partial charge in [0.15, 0.2) is 0 Å². The third-order valence-electron chi connectivity index (χ3n) is 4.17. The summed E-state index contributed by atoms with van der Waals surface area (Å²) in [5, 5.41) is 1.34. The third kappa shape index (κ3) is 2.16. The Labute approximate surface area is 108 Å². The van der Waals surface area contributed by atoms with Crippen molar-refractivity contribution in [3.8, 4) is 0 Å². The van der Waals surface area contributed by atoms with Gasteiger partial charge >= 0.3 is 0 Å². The fourth-order valence-corrected chi connectivity index (χ4v) is 2.82. The summed E-state index contributed by atoms with van der Waals surface area (Å²) in [7, 11) is 0. The fraction of sp³-hybridized carbons (Fsp3) is 0.467. The first-order chi connectivity index (χ1) is 8.74. The number of nitrogens with one attached hydrogen (secondary N) is 1. The van der Waals surface area contributed by atoms with Crippen molar-refractivity contribution in [1.82, 2.24) is 9.88 Å². The van der Waals surface area contributed by atoms with Crippen molar-refractivity contribution < 1.29 is 0 Å². The summed E-state index contributed by atoms with van der Waals surface area (Å²) < 4.78 is 0. The molecule has 2 aromatic rings. The average Bonchev–Trinajstić information content (AvgIpc) is 2.78. The SMILES string of the molecule is CC1CCN(Cc2c[nH]c3ccccc23)CC1N. The zero-order valence-electron chi connectivity index (χ0n) is 10.9. The topological polar surface area (TPSA) is 45.0 Å². The maximum Gasteiger partial charge on any atom is 0.0457 e. The number of nitrogens with zero attached hydrogens (tertiary/aromatic N) is 1. The van der Waals surface area contributed by atoms with Gasteiger partial charge in [0.05, 0.1) is 0 Å². The Morgan fingerprint density at radius 2 is 2.22 bits per heavy atom. The second kappa shape index (κ2) is 4.75. The number of H-pyrrole nitrogens is 1. The number of hydrogen-bond donors (Lipinski definition) is 2. The number of nitrogens with two attached hydrogens (primary N) is 1. The molecule has 2 unspecified atom stereocenters. The Hall–Kier alpha value is -1.32. The van der Waals surface area contributed by atoms with Crippen molar-refractivity contribution in [2.75, 3.05) is 13.1 Å². The van der Waals surface area contributed by atoms with Gasteiger partial charge in [-0.2, -0.15) is 0 Å².